The lowest BCUT2D eigenvalue weighted by molar-refractivity contribution is 0.130. The number of piperazine rings is 1. The minimum absolute atomic E-state index is 0.114. The van der Waals surface area contributed by atoms with E-state index in [2.05, 4.69) is 39.6 Å². The van der Waals surface area contributed by atoms with Crippen LogP contribution < -0.4 is 10.6 Å². The first-order chi connectivity index (χ1) is 13.6. The van der Waals surface area contributed by atoms with Crippen LogP contribution in [0.1, 0.15) is 12.8 Å². The van der Waals surface area contributed by atoms with Crippen molar-refractivity contribution in [2.45, 2.75) is 12.8 Å². The molecule has 2 aliphatic rings. The van der Waals surface area contributed by atoms with Crippen molar-refractivity contribution in [1.82, 2.24) is 15.1 Å². The summed E-state index contributed by atoms with van der Waals surface area (Å²) in [6, 6.07) is 18.1. The molecule has 5 heteroatoms. The molecule has 0 spiro atoms. The smallest absolute Gasteiger partial charge is 0.319 e. The molecule has 2 aromatic carbocycles. The maximum absolute atomic E-state index is 12.3. The molecule has 28 heavy (non-hydrogen) atoms. The summed E-state index contributed by atoms with van der Waals surface area (Å²) in [5.41, 5.74) is 3.43. The van der Waals surface area contributed by atoms with Crippen molar-refractivity contribution >= 4 is 11.7 Å². The van der Waals surface area contributed by atoms with Gasteiger partial charge in [-0.2, -0.15) is 0 Å². The van der Waals surface area contributed by atoms with E-state index in [0.29, 0.717) is 0 Å². The molecule has 2 amide bonds. The summed E-state index contributed by atoms with van der Waals surface area (Å²) in [6.45, 7) is 6.42. The van der Waals surface area contributed by atoms with Crippen LogP contribution in [0.5, 0.6) is 0 Å². The van der Waals surface area contributed by atoms with Gasteiger partial charge in [0.2, 0.25) is 0 Å². The van der Waals surface area contributed by atoms with Gasteiger partial charge in [0.1, 0.15) is 0 Å². The molecular formula is C23H30N4O. The van der Waals surface area contributed by atoms with Gasteiger partial charge in [-0.25, -0.2) is 4.79 Å². The van der Waals surface area contributed by atoms with Gasteiger partial charge in [0, 0.05) is 50.4 Å². The predicted molar refractivity (Wildman–Crippen MR) is 115 cm³/mol. The van der Waals surface area contributed by atoms with Crippen LogP contribution >= 0.6 is 0 Å². The number of hydrogen-bond donors (Lipinski definition) is 2. The number of carbonyl (C=O) groups is 1. The van der Waals surface area contributed by atoms with Crippen LogP contribution in [0, 0.1) is 5.41 Å². The van der Waals surface area contributed by atoms with Crippen LogP contribution in [0.15, 0.2) is 54.6 Å². The number of amides is 2. The van der Waals surface area contributed by atoms with E-state index < -0.39 is 0 Å². The summed E-state index contributed by atoms with van der Waals surface area (Å²) < 4.78 is 0. The van der Waals surface area contributed by atoms with E-state index in [1.54, 1.807) is 0 Å². The molecule has 2 aromatic rings. The van der Waals surface area contributed by atoms with Gasteiger partial charge in [-0.15, -0.1) is 0 Å². The summed E-state index contributed by atoms with van der Waals surface area (Å²) in [7, 11) is 2.18. The molecule has 1 saturated carbocycles. The molecular weight excluding hydrogens is 348 g/mol. The Kier molecular flexibility index (Phi) is 5.64. The Morgan fingerprint density at radius 3 is 2.21 bits per heavy atom. The lowest BCUT2D eigenvalue weighted by Crippen LogP contribution is -2.48. The van der Waals surface area contributed by atoms with Crippen molar-refractivity contribution < 1.29 is 4.79 Å². The normalized spacial score (nSPS) is 19.2. The molecule has 0 radical (unpaired) electrons. The van der Waals surface area contributed by atoms with Gasteiger partial charge in [0.25, 0.3) is 0 Å². The number of rotatable bonds is 6. The fraction of sp³-hybridized carbons (Fsp3) is 0.435. The number of nitrogens with zero attached hydrogens (tertiary/aromatic N) is 2. The third-order valence-electron chi connectivity index (χ3n) is 5.99. The molecule has 148 valence electrons. The third-order valence-corrected chi connectivity index (χ3v) is 5.99. The Labute approximate surface area is 167 Å². The zero-order valence-corrected chi connectivity index (χ0v) is 16.7. The average molecular weight is 379 g/mol. The highest BCUT2D eigenvalue weighted by atomic mass is 16.2. The number of hydrogen-bond acceptors (Lipinski definition) is 3. The van der Waals surface area contributed by atoms with Gasteiger partial charge in [0.05, 0.1) is 0 Å². The Balaban J connectivity index is 1.24. The van der Waals surface area contributed by atoms with Gasteiger partial charge < -0.3 is 20.4 Å². The molecule has 2 fully saturated rings. The second-order valence-corrected chi connectivity index (χ2v) is 8.33. The fourth-order valence-corrected chi connectivity index (χ4v) is 3.87. The number of nitrogens with one attached hydrogen (secondary N) is 2. The highest BCUT2D eigenvalue weighted by Gasteiger charge is 2.44. The molecule has 5 nitrogen and oxygen atoms in total. The van der Waals surface area contributed by atoms with Crippen LogP contribution in [0.4, 0.5) is 10.5 Å². The number of carbonyl (C=O) groups excluding carboxylic acids is 1. The van der Waals surface area contributed by atoms with E-state index in [9.17, 15) is 4.79 Å². The first-order valence-corrected chi connectivity index (χ1v) is 10.2. The maximum atomic E-state index is 12.3. The van der Waals surface area contributed by atoms with Crippen molar-refractivity contribution in [3.05, 3.63) is 54.6 Å². The largest absolute Gasteiger partial charge is 0.337 e. The van der Waals surface area contributed by atoms with E-state index >= 15 is 0 Å². The molecule has 1 aliphatic carbocycles. The molecule has 2 N–H and O–H groups in total. The Morgan fingerprint density at radius 2 is 1.57 bits per heavy atom. The van der Waals surface area contributed by atoms with Crippen molar-refractivity contribution in [2.24, 2.45) is 5.41 Å². The fourth-order valence-electron chi connectivity index (χ4n) is 3.87. The molecule has 1 heterocycles. The minimum atomic E-state index is -0.114. The zero-order valence-electron chi connectivity index (χ0n) is 16.7. The molecule has 4 rings (SSSR count). The third kappa shape index (κ3) is 4.91. The standard InChI is InChI=1S/C23H30N4O/c1-26-13-15-27(16-14-26)18-23(11-12-23)17-24-22(28)25-21-9-7-20(8-10-21)19-5-3-2-4-6-19/h2-10H,11-18H2,1H3,(H2,24,25,28). The van der Waals surface area contributed by atoms with Gasteiger partial charge in [-0.05, 0) is 43.1 Å². The van der Waals surface area contributed by atoms with Gasteiger partial charge in [-0.3, -0.25) is 0 Å². The lowest BCUT2D eigenvalue weighted by Gasteiger charge is -2.34. The molecule has 1 aliphatic heterocycles. The van der Waals surface area contributed by atoms with Gasteiger partial charge >= 0.3 is 6.03 Å². The lowest BCUT2D eigenvalue weighted by atomic mass is 10.1. The van der Waals surface area contributed by atoms with E-state index in [1.807, 2.05) is 42.5 Å². The second-order valence-electron chi connectivity index (χ2n) is 8.33. The van der Waals surface area contributed by atoms with E-state index in [1.165, 1.54) is 18.4 Å². The first kappa shape index (κ1) is 19.0. The summed E-state index contributed by atoms with van der Waals surface area (Å²) in [6.07, 6.45) is 2.43. The molecule has 0 unspecified atom stereocenters. The number of urea groups is 1. The number of anilines is 1. The van der Waals surface area contributed by atoms with Crippen molar-refractivity contribution in [1.29, 1.82) is 0 Å². The van der Waals surface area contributed by atoms with E-state index in [4.69, 9.17) is 0 Å². The van der Waals surface area contributed by atoms with E-state index in [-0.39, 0.29) is 11.4 Å². The summed E-state index contributed by atoms with van der Waals surface area (Å²) in [5, 5.41) is 6.05. The van der Waals surface area contributed by atoms with Crippen LogP contribution in [0.3, 0.4) is 0 Å². The van der Waals surface area contributed by atoms with Gasteiger partial charge in [-0.1, -0.05) is 42.5 Å². The SMILES string of the molecule is CN1CCN(CC2(CNC(=O)Nc3ccc(-c4ccccc4)cc3)CC2)CC1. The molecule has 0 atom stereocenters. The first-order valence-electron chi connectivity index (χ1n) is 10.2. The molecule has 0 aromatic heterocycles. The van der Waals surface area contributed by atoms with E-state index in [0.717, 1.165) is 50.5 Å². The summed E-state index contributed by atoms with van der Waals surface area (Å²) >= 11 is 0. The zero-order chi connectivity index (χ0) is 19.4. The van der Waals surface area contributed by atoms with Crippen LogP contribution in [0.2, 0.25) is 0 Å². The number of likely N-dealkylation sites (N-methyl/N-ethyl adjacent to an activating group) is 1. The van der Waals surface area contributed by atoms with Crippen LogP contribution in [0.25, 0.3) is 11.1 Å². The topological polar surface area (TPSA) is 47.6 Å². The average Bonchev–Trinajstić information content (AvgIpc) is 3.49. The van der Waals surface area contributed by atoms with Crippen molar-refractivity contribution in [3.8, 4) is 11.1 Å². The van der Waals surface area contributed by atoms with Crippen LogP contribution in [-0.4, -0.2) is 62.1 Å². The summed E-state index contributed by atoms with van der Waals surface area (Å²) in [4.78, 5) is 17.3. The minimum Gasteiger partial charge on any atom is -0.337 e. The Bertz CT molecular complexity index is 778. The second kappa shape index (κ2) is 8.33. The number of benzene rings is 2. The molecule has 0 bridgehead atoms. The summed E-state index contributed by atoms with van der Waals surface area (Å²) in [5.74, 6) is 0. The monoisotopic (exact) mass is 378 g/mol. The van der Waals surface area contributed by atoms with Crippen molar-refractivity contribution in [3.63, 3.8) is 0 Å². The quantitative estimate of drug-likeness (QED) is 0.809. The van der Waals surface area contributed by atoms with Gasteiger partial charge in [0.15, 0.2) is 0 Å². The highest BCUT2D eigenvalue weighted by molar-refractivity contribution is 5.89. The van der Waals surface area contributed by atoms with Crippen molar-refractivity contribution in [2.75, 3.05) is 51.6 Å². The van der Waals surface area contributed by atoms with Crippen LogP contribution in [-0.2, 0) is 0 Å². The predicted octanol–water partition coefficient (Wildman–Crippen LogP) is 3.50. The maximum Gasteiger partial charge on any atom is 0.319 e. The molecule has 1 saturated heterocycles. The Morgan fingerprint density at radius 1 is 0.929 bits per heavy atom. The Hall–Kier alpha value is -2.37. The highest BCUT2D eigenvalue weighted by Crippen LogP contribution is 2.45.